The van der Waals surface area contributed by atoms with Crippen LogP contribution in [0.25, 0.3) is 16.9 Å². The fourth-order valence-corrected chi connectivity index (χ4v) is 6.01. The molecule has 3 heterocycles. The predicted octanol–water partition coefficient (Wildman–Crippen LogP) is 6.64. The number of carbonyl (C=O) groups excluding carboxylic acids is 1. The number of rotatable bonds is 7. The van der Waals surface area contributed by atoms with E-state index in [1.165, 1.54) is 27.2 Å². The first kappa shape index (κ1) is 29.1. The van der Waals surface area contributed by atoms with Gasteiger partial charge in [-0.2, -0.15) is 0 Å². The quantitative estimate of drug-likeness (QED) is 0.201. The lowest BCUT2D eigenvalue weighted by Gasteiger charge is -2.35. The van der Waals surface area contributed by atoms with Gasteiger partial charge in [0.05, 0.1) is 23.9 Å². The molecular formula is C32H27Cl3N6O2. The van der Waals surface area contributed by atoms with E-state index >= 15 is 0 Å². The molecule has 1 fully saturated rings. The Bertz CT molecular complexity index is 1800. The van der Waals surface area contributed by atoms with Gasteiger partial charge in [0.2, 0.25) is 5.91 Å². The molecule has 6 rings (SSSR count). The van der Waals surface area contributed by atoms with E-state index in [4.69, 9.17) is 34.8 Å². The number of carbonyl (C=O) groups is 1. The van der Waals surface area contributed by atoms with Gasteiger partial charge in [-0.3, -0.25) is 14.2 Å². The van der Waals surface area contributed by atoms with Crippen LogP contribution in [0.4, 0.5) is 0 Å². The predicted molar refractivity (Wildman–Crippen MR) is 168 cm³/mol. The molecular weight excluding hydrogens is 607 g/mol. The third-order valence-electron chi connectivity index (χ3n) is 7.82. The van der Waals surface area contributed by atoms with Crippen molar-refractivity contribution in [1.82, 2.24) is 29.4 Å². The highest BCUT2D eigenvalue weighted by Gasteiger charge is 2.31. The molecule has 0 unspecified atom stereocenters. The number of halogens is 3. The summed E-state index contributed by atoms with van der Waals surface area (Å²) in [6.45, 7) is 1.20. The van der Waals surface area contributed by atoms with Crippen LogP contribution in [0, 0.1) is 0 Å². The molecule has 0 saturated carbocycles. The third-order valence-corrected chi connectivity index (χ3v) is 8.48. The minimum Gasteiger partial charge on any atom is -0.341 e. The molecule has 218 valence electrons. The summed E-state index contributed by atoms with van der Waals surface area (Å²) in [5, 5.41) is 9.29. The average Bonchev–Trinajstić information content (AvgIpc) is 3.46. The van der Waals surface area contributed by atoms with Crippen LogP contribution in [0.5, 0.6) is 0 Å². The molecule has 1 atom stereocenters. The molecule has 43 heavy (non-hydrogen) atoms. The monoisotopic (exact) mass is 632 g/mol. The molecule has 3 aromatic carbocycles. The van der Waals surface area contributed by atoms with Crippen molar-refractivity contribution in [2.24, 2.45) is 0 Å². The van der Waals surface area contributed by atoms with Crippen molar-refractivity contribution in [3.63, 3.8) is 0 Å². The zero-order valence-electron chi connectivity index (χ0n) is 23.0. The van der Waals surface area contributed by atoms with Gasteiger partial charge in [0.1, 0.15) is 6.04 Å². The zero-order valence-corrected chi connectivity index (χ0v) is 25.3. The fraction of sp³-hybridized carbons (Fsp3) is 0.219. The van der Waals surface area contributed by atoms with E-state index in [0.717, 1.165) is 18.4 Å². The summed E-state index contributed by atoms with van der Waals surface area (Å²) >= 11 is 18.4. The first-order valence-electron chi connectivity index (χ1n) is 13.9. The van der Waals surface area contributed by atoms with Gasteiger partial charge >= 0.3 is 0 Å². The van der Waals surface area contributed by atoms with Crippen molar-refractivity contribution < 1.29 is 4.79 Å². The number of nitrogens with zero attached hydrogens (tertiary/aromatic N) is 6. The van der Waals surface area contributed by atoms with Gasteiger partial charge in [0.15, 0.2) is 5.15 Å². The normalized spacial score (nSPS) is 14.5. The SMILES string of the molecule is O=C([C@H](Cc1ccccc1)n1cnc(-c2cc(Cl)ccc2-n2cc(Cl)nn2)cc1=O)N1CCC(c2ccc(Cl)cc2)CC1. The molecule has 0 spiro atoms. The van der Waals surface area contributed by atoms with Crippen molar-refractivity contribution in [2.45, 2.75) is 31.2 Å². The summed E-state index contributed by atoms with van der Waals surface area (Å²) in [5.41, 5.74) is 3.40. The third kappa shape index (κ3) is 6.51. The molecule has 0 aliphatic carbocycles. The second-order valence-electron chi connectivity index (χ2n) is 10.5. The Balaban J connectivity index is 1.30. The highest BCUT2D eigenvalue weighted by Crippen LogP contribution is 2.31. The summed E-state index contributed by atoms with van der Waals surface area (Å²) in [4.78, 5) is 34.2. The van der Waals surface area contributed by atoms with Crippen LogP contribution < -0.4 is 5.56 Å². The second kappa shape index (κ2) is 12.7. The van der Waals surface area contributed by atoms with E-state index in [-0.39, 0.29) is 16.6 Å². The number of likely N-dealkylation sites (tertiary alicyclic amines) is 1. The molecule has 0 radical (unpaired) electrons. The highest BCUT2D eigenvalue weighted by molar-refractivity contribution is 6.31. The second-order valence-corrected chi connectivity index (χ2v) is 11.8. The van der Waals surface area contributed by atoms with E-state index in [9.17, 15) is 9.59 Å². The van der Waals surface area contributed by atoms with Crippen LogP contribution in [-0.2, 0) is 11.2 Å². The summed E-state index contributed by atoms with van der Waals surface area (Å²) in [5.74, 6) is 0.250. The van der Waals surface area contributed by atoms with Crippen molar-refractivity contribution in [2.75, 3.05) is 13.1 Å². The van der Waals surface area contributed by atoms with Crippen LogP contribution >= 0.6 is 34.8 Å². The minimum absolute atomic E-state index is 0.101. The van der Waals surface area contributed by atoms with Crippen LogP contribution in [0.3, 0.4) is 0 Å². The van der Waals surface area contributed by atoms with Crippen LogP contribution in [0.2, 0.25) is 15.2 Å². The Hall–Kier alpha value is -3.98. The molecule has 11 heteroatoms. The molecule has 1 aliphatic heterocycles. The lowest BCUT2D eigenvalue weighted by molar-refractivity contribution is -0.136. The number of hydrogen-bond acceptors (Lipinski definition) is 5. The number of aromatic nitrogens is 5. The van der Waals surface area contributed by atoms with Crippen molar-refractivity contribution in [3.05, 3.63) is 128 Å². The molecule has 0 bridgehead atoms. The lowest BCUT2D eigenvalue weighted by atomic mass is 9.89. The molecule has 1 amide bonds. The van der Waals surface area contributed by atoms with Gasteiger partial charge in [-0.05, 0) is 60.2 Å². The Morgan fingerprint density at radius 2 is 1.63 bits per heavy atom. The largest absolute Gasteiger partial charge is 0.341 e. The van der Waals surface area contributed by atoms with Gasteiger partial charge in [-0.15, -0.1) is 5.10 Å². The molecule has 0 N–H and O–H groups in total. The van der Waals surface area contributed by atoms with Crippen LogP contribution in [-0.4, -0.2) is 48.4 Å². The first-order valence-corrected chi connectivity index (χ1v) is 15.0. The molecule has 1 saturated heterocycles. The number of hydrogen-bond donors (Lipinski definition) is 0. The Morgan fingerprint density at radius 3 is 2.30 bits per heavy atom. The van der Waals surface area contributed by atoms with E-state index in [2.05, 4.69) is 27.4 Å². The Morgan fingerprint density at radius 1 is 0.907 bits per heavy atom. The van der Waals surface area contributed by atoms with Crippen LogP contribution in [0.15, 0.2) is 96.2 Å². The lowest BCUT2D eigenvalue weighted by Crippen LogP contribution is -2.44. The maximum atomic E-state index is 14.1. The fourth-order valence-electron chi connectivity index (χ4n) is 5.59. The maximum Gasteiger partial charge on any atom is 0.254 e. The number of amides is 1. The standard InChI is InChI=1S/C32H27Cl3N6O2/c33-24-8-6-22(7-9-24)23-12-14-39(15-13-23)32(43)29(16-21-4-2-1-3-5-21)40-20-36-27(18-31(40)42)26-17-25(34)10-11-28(26)41-19-30(35)37-38-41/h1-11,17-20,23,29H,12-16H2/t29-/m0/s1. The molecule has 2 aromatic heterocycles. The Kier molecular flexibility index (Phi) is 8.61. The van der Waals surface area contributed by atoms with E-state index in [1.807, 2.05) is 47.4 Å². The minimum atomic E-state index is -0.753. The first-order chi connectivity index (χ1) is 20.9. The Labute approximate surface area is 263 Å². The van der Waals surface area contributed by atoms with Gasteiger partial charge < -0.3 is 4.90 Å². The van der Waals surface area contributed by atoms with Crippen molar-refractivity contribution in [1.29, 1.82) is 0 Å². The summed E-state index contributed by atoms with van der Waals surface area (Å²) in [7, 11) is 0. The number of piperidine rings is 1. The van der Waals surface area contributed by atoms with Gasteiger partial charge in [0, 0.05) is 41.2 Å². The van der Waals surface area contributed by atoms with Gasteiger partial charge in [-0.1, -0.05) is 82.5 Å². The smallest absolute Gasteiger partial charge is 0.254 e. The highest BCUT2D eigenvalue weighted by atomic mass is 35.5. The van der Waals surface area contributed by atoms with E-state index < -0.39 is 6.04 Å². The molecule has 5 aromatic rings. The van der Waals surface area contributed by atoms with Gasteiger partial charge in [-0.25, -0.2) is 9.67 Å². The summed E-state index contributed by atoms with van der Waals surface area (Å²) in [6.07, 6.45) is 5.03. The molecule has 8 nitrogen and oxygen atoms in total. The average molecular weight is 634 g/mol. The van der Waals surface area contributed by atoms with E-state index in [1.54, 1.807) is 24.4 Å². The zero-order chi connectivity index (χ0) is 29.9. The topological polar surface area (TPSA) is 85.9 Å². The van der Waals surface area contributed by atoms with Crippen LogP contribution in [0.1, 0.15) is 35.9 Å². The van der Waals surface area contributed by atoms with Crippen molar-refractivity contribution in [3.8, 4) is 16.9 Å². The van der Waals surface area contributed by atoms with Gasteiger partial charge in [0.25, 0.3) is 5.56 Å². The maximum absolute atomic E-state index is 14.1. The number of benzene rings is 3. The summed E-state index contributed by atoms with van der Waals surface area (Å²) < 4.78 is 2.93. The molecule has 1 aliphatic rings. The summed E-state index contributed by atoms with van der Waals surface area (Å²) in [6, 6.07) is 23.5. The van der Waals surface area contributed by atoms with E-state index in [0.29, 0.717) is 52.4 Å². The van der Waals surface area contributed by atoms with Crippen molar-refractivity contribution >= 4 is 40.7 Å².